The van der Waals surface area contributed by atoms with E-state index >= 15 is 0 Å². The summed E-state index contributed by atoms with van der Waals surface area (Å²) in [5.74, 6) is 0.447. The van der Waals surface area contributed by atoms with Crippen LogP contribution in [0, 0.1) is 11.8 Å². The zero-order chi connectivity index (χ0) is 17.5. The summed E-state index contributed by atoms with van der Waals surface area (Å²) in [6.45, 7) is 6.94. The molecule has 1 aromatic carbocycles. The first-order chi connectivity index (χ1) is 11.5. The Labute approximate surface area is 144 Å². The lowest BCUT2D eigenvalue weighted by molar-refractivity contribution is -0.137. The molecular formula is C19H28N2O3. The van der Waals surface area contributed by atoms with Crippen LogP contribution in [0.2, 0.25) is 0 Å². The number of carbonyl (C=O) groups excluding carboxylic acids is 2. The van der Waals surface area contributed by atoms with Gasteiger partial charge in [-0.15, -0.1) is 0 Å². The average molecular weight is 332 g/mol. The largest absolute Gasteiger partial charge is 0.493 e. The van der Waals surface area contributed by atoms with Crippen LogP contribution in [-0.2, 0) is 9.59 Å². The van der Waals surface area contributed by atoms with E-state index in [0.717, 1.165) is 25.0 Å². The van der Waals surface area contributed by atoms with Crippen molar-refractivity contribution in [2.24, 2.45) is 11.8 Å². The lowest BCUT2D eigenvalue weighted by Crippen LogP contribution is -2.45. The van der Waals surface area contributed by atoms with E-state index in [1.807, 2.05) is 0 Å². The Morgan fingerprint density at radius 1 is 1.12 bits per heavy atom. The highest BCUT2D eigenvalue weighted by Gasteiger charge is 2.25. The summed E-state index contributed by atoms with van der Waals surface area (Å²) >= 11 is 0. The van der Waals surface area contributed by atoms with E-state index in [2.05, 4.69) is 31.4 Å². The first-order valence-corrected chi connectivity index (χ1v) is 8.80. The summed E-state index contributed by atoms with van der Waals surface area (Å²) in [5.41, 5.74) is 0.587. The van der Waals surface area contributed by atoms with Gasteiger partial charge in [0.1, 0.15) is 5.75 Å². The second-order valence-corrected chi connectivity index (χ2v) is 7.03. The number of anilines is 1. The van der Waals surface area contributed by atoms with Crippen LogP contribution < -0.4 is 15.4 Å². The molecule has 2 rings (SSSR count). The smallest absolute Gasteiger partial charge is 0.313 e. The SMILES string of the molecule is CC(C)COc1ccc(NC(=O)C(=O)N[C@H]2CCCC[C@@H]2C)cc1. The third-order valence-electron chi connectivity index (χ3n) is 4.33. The quantitative estimate of drug-likeness (QED) is 0.813. The van der Waals surface area contributed by atoms with Crippen molar-refractivity contribution in [2.45, 2.75) is 52.5 Å². The van der Waals surface area contributed by atoms with Crippen LogP contribution in [0.15, 0.2) is 24.3 Å². The molecule has 5 nitrogen and oxygen atoms in total. The fourth-order valence-electron chi connectivity index (χ4n) is 2.85. The molecule has 2 N–H and O–H groups in total. The monoisotopic (exact) mass is 332 g/mol. The van der Waals surface area contributed by atoms with Crippen LogP contribution in [0.4, 0.5) is 5.69 Å². The Balaban J connectivity index is 1.83. The topological polar surface area (TPSA) is 67.4 Å². The van der Waals surface area contributed by atoms with Gasteiger partial charge in [-0.3, -0.25) is 9.59 Å². The molecule has 5 heteroatoms. The highest BCUT2D eigenvalue weighted by molar-refractivity contribution is 6.39. The molecule has 1 aliphatic rings. The van der Waals surface area contributed by atoms with Crippen LogP contribution >= 0.6 is 0 Å². The highest BCUT2D eigenvalue weighted by Crippen LogP contribution is 2.23. The molecular weight excluding hydrogens is 304 g/mol. The second-order valence-electron chi connectivity index (χ2n) is 7.03. The number of ether oxygens (including phenoxy) is 1. The van der Waals surface area contributed by atoms with Crippen molar-refractivity contribution in [3.05, 3.63) is 24.3 Å². The van der Waals surface area contributed by atoms with Gasteiger partial charge < -0.3 is 15.4 Å². The normalized spacial score (nSPS) is 20.5. The van der Waals surface area contributed by atoms with E-state index in [1.165, 1.54) is 6.42 Å². The molecule has 0 radical (unpaired) electrons. The number of benzene rings is 1. The van der Waals surface area contributed by atoms with Crippen molar-refractivity contribution >= 4 is 17.5 Å². The van der Waals surface area contributed by atoms with Gasteiger partial charge in [-0.2, -0.15) is 0 Å². The van der Waals surface area contributed by atoms with Crippen molar-refractivity contribution in [1.29, 1.82) is 0 Å². The molecule has 0 unspecified atom stereocenters. The molecule has 0 saturated heterocycles. The van der Waals surface area contributed by atoms with Crippen LogP contribution in [0.3, 0.4) is 0 Å². The molecule has 0 bridgehead atoms. The van der Waals surface area contributed by atoms with Crippen LogP contribution in [0.5, 0.6) is 5.75 Å². The number of hydrogen-bond donors (Lipinski definition) is 2. The Hall–Kier alpha value is -2.04. The van der Waals surface area contributed by atoms with Gasteiger partial charge in [0.15, 0.2) is 0 Å². The summed E-state index contributed by atoms with van der Waals surface area (Å²) in [4.78, 5) is 24.1. The molecule has 1 aromatic rings. The second kappa shape index (κ2) is 8.71. The van der Waals surface area contributed by atoms with Gasteiger partial charge in [0.2, 0.25) is 0 Å². The van der Waals surface area contributed by atoms with Crippen LogP contribution in [0.1, 0.15) is 46.5 Å². The molecule has 2 atom stereocenters. The van der Waals surface area contributed by atoms with Crippen molar-refractivity contribution in [2.75, 3.05) is 11.9 Å². The zero-order valence-corrected chi connectivity index (χ0v) is 14.8. The first-order valence-electron chi connectivity index (χ1n) is 8.80. The van der Waals surface area contributed by atoms with E-state index in [-0.39, 0.29) is 6.04 Å². The molecule has 24 heavy (non-hydrogen) atoms. The number of carbonyl (C=O) groups is 2. The van der Waals surface area contributed by atoms with Gasteiger partial charge in [0.05, 0.1) is 6.61 Å². The Morgan fingerprint density at radius 2 is 1.79 bits per heavy atom. The van der Waals surface area contributed by atoms with E-state index in [0.29, 0.717) is 24.1 Å². The summed E-state index contributed by atoms with van der Waals surface area (Å²) in [7, 11) is 0. The van der Waals surface area contributed by atoms with Gasteiger partial charge in [0, 0.05) is 11.7 Å². The zero-order valence-electron chi connectivity index (χ0n) is 14.8. The van der Waals surface area contributed by atoms with E-state index in [9.17, 15) is 9.59 Å². The predicted molar refractivity (Wildman–Crippen MR) is 95.0 cm³/mol. The minimum atomic E-state index is -0.622. The van der Waals surface area contributed by atoms with Crippen LogP contribution in [0.25, 0.3) is 0 Å². The summed E-state index contributed by atoms with van der Waals surface area (Å²) < 4.78 is 5.60. The molecule has 0 heterocycles. The van der Waals surface area contributed by atoms with Gasteiger partial charge in [-0.1, -0.05) is 33.6 Å². The van der Waals surface area contributed by atoms with Crippen molar-refractivity contribution in [3.8, 4) is 5.75 Å². The summed E-state index contributed by atoms with van der Waals surface area (Å²) in [6.07, 6.45) is 4.35. The number of hydrogen-bond acceptors (Lipinski definition) is 3. The lowest BCUT2D eigenvalue weighted by atomic mass is 9.86. The highest BCUT2D eigenvalue weighted by atomic mass is 16.5. The van der Waals surface area contributed by atoms with E-state index in [4.69, 9.17) is 4.74 Å². The Kier molecular flexibility index (Phi) is 6.64. The van der Waals surface area contributed by atoms with E-state index < -0.39 is 11.8 Å². The predicted octanol–water partition coefficient (Wildman–Crippen LogP) is 3.35. The third-order valence-corrected chi connectivity index (χ3v) is 4.33. The third kappa shape index (κ3) is 5.55. The number of amides is 2. The Morgan fingerprint density at radius 3 is 2.42 bits per heavy atom. The lowest BCUT2D eigenvalue weighted by Gasteiger charge is -2.29. The van der Waals surface area contributed by atoms with Gasteiger partial charge in [-0.25, -0.2) is 0 Å². The van der Waals surface area contributed by atoms with Gasteiger partial charge >= 0.3 is 11.8 Å². The Bertz CT molecular complexity index is 554. The average Bonchev–Trinajstić information content (AvgIpc) is 2.56. The minimum absolute atomic E-state index is 0.101. The van der Waals surface area contributed by atoms with E-state index in [1.54, 1.807) is 24.3 Å². The molecule has 2 amide bonds. The molecule has 1 saturated carbocycles. The minimum Gasteiger partial charge on any atom is -0.493 e. The molecule has 0 spiro atoms. The van der Waals surface area contributed by atoms with Crippen molar-refractivity contribution < 1.29 is 14.3 Å². The first kappa shape index (κ1) is 18.3. The molecule has 0 aliphatic heterocycles. The van der Waals surface area contributed by atoms with Crippen molar-refractivity contribution in [1.82, 2.24) is 5.32 Å². The molecule has 132 valence electrons. The number of nitrogens with one attached hydrogen (secondary N) is 2. The van der Waals surface area contributed by atoms with Gasteiger partial charge in [0.25, 0.3) is 0 Å². The van der Waals surface area contributed by atoms with Gasteiger partial charge in [-0.05, 0) is 48.9 Å². The summed E-state index contributed by atoms with van der Waals surface area (Å²) in [6, 6.07) is 7.16. The molecule has 0 aromatic heterocycles. The number of rotatable bonds is 5. The fraction of sp³-hybridized carbons (Fsp3) is 0.579. The molecule has 1 fully saturated rings. The van der Waals surface area contributed by atoms with Crippen molar-refractivity contribution in [3.63, 3.8) is 0 Å². The maximum Gasteiger partial charge on any atom is 0.313 e. The fourth-order valence-corrected chi connectivity index (χ4v) is 2.85. The maximum atomic E-state index is 12.1. The standard InChI is InChI=1S/C19H28N2O3/c1-13(2)12-24-16-10-8-15(9-11-16)20-18(22)19(23)21-17-7-5-4-6-14(17)3/h8-11,13-14,17H,4-7,12H2,1-3H3,(H,20,22)(H,21,23)/t14-,17-/m0/s1. The maximum absolute atomic E-state index is 12.1. The summed E-state index contributed by atoms with van der Waals surface area (Å²) in [5, 5.41) is 5.49. The molecule has 1 aliphatic carbocycles. The van der Waals surface area contributed by atoms with Crippen LogP contribution in [-0.4, -0.2) is 24.5 Å².